The zero-order valence-electron chi connectivity index (χ0n) is 12.3. The van der Waals surface area contributed by atoms with E-state index in [4.69, 9.17) is 10.5 Å². The predicted octanol–water partition coefficient (Wildman–Crippen LogP) is 4.11. The largest absolute Gasteiger partial charge is 0.491 e. The summed E-state index contributed by atoms with van der Waals surface area (Å²) in [6.45, 7) is 4.07. The molecule has 2 heteroatoms. The minimum atomic E-state index is 0.00477. The Balaban J connectivity index is 2.03. The molecule has 0 aliphatic carbocycles. The number of rotatable bonds is 6. The summed E-state index contributed by atoms with van der Waals surface area (Å²) < 4.78 is 5.84. The number of ether oxygens (including phenoxy) is 1. The SMILES string of the molecule is CC(C)Oc1ccccc1C(N)CCc1ccccc1. The van der Waals surface area contributed by atoms with Crippen molar-refractivity contribution in [3.05, 3.63) is 65.7 Å². The fourth-order valence-corrected chi connectivity index (χ4v) is 2.27. The zero-order chi connectivity index (χ0) is 14.4. The number of nitrogens with two attached hydrogens (primary N) is 1. The third-order valence-electron chi connectivity index (χ3n) is 3.27. The van der Waals surface area contributed by atoms with Gasteiger partial charge in [0.2, 0.25) is 0 Å². The van der Waals surface area contributed by atoms with E-state index >= 15 is 0 Å². The van der Waals surface area contributed by atoms with Crippen molar-refractivity contribution in [3.8, 4) is 5.75 Å². The Morgan fingerprint density at radius 3 is 2.30 bits per heavy atom. The Bertz CT molecular complexity index is 522. The lowest BCUT2D eigenvalue weighted by Crippen LogP contribution is -2.15. The number of aryl methyl sites for hydroxylation is 1. The van der Waals surface area contributed by atoms with Gasteiger partial charge < -0.3 is 10.5 Å². The van der Waals surface area contributed by atoms with E-state index in [9.17, 15) is 0 Å². The monoisotopic (exact) mass is 269 g/mol. The lowest BCUT2D eigenvalue weighted by Gasteiger charge is -2.18. The molecule has 2 rings (SSSR count). The van der Waals surface area contributed by atoms with E-state index in [2.05, 4.69) is 30.3 Å². The highest BCUT2D eigenvalue weighted by atomic mass is 16.5. The van der Waals surface area contributed by atoms with Crippen LogP contribution < -0.4 is 10.5 Å². The normalized spacial score (nSPS) is 12.4. The first-order valence-corrected chi connectivity index (χ1v) is 7.22. The molecule has 2 N–H and O–H groups in total. The predicted molar refractivity (Wildman–Crippen MR) is 83.9 cm³/mol. The summed E-state index contributed by atoms with van der Waals surface area (Å²) in [7, 11) is 0. The van der Waals surface area contributed by atoms with Crippen molar-refractivity contribution < 1.29 is 4.74 Å². The van der Waals surface area contributed by atoms with Crippen LogP contribution in [0.25, 0.3) is 0 Å². The van der Waals surface area contributed by atoms with Gasteiger partial charge in [-0.3, -0.25) is 0 Å². The van der Waals surface area contributed by atoms with Crippen LogP contribution in [0, 0.1) is 0 Å². The van der Waals surface area contributed by atoms with Crippen LogP contribution >= 0.6 is 0 Å². The highest BCUT2D eigenvalue weighted by Crippen LogP contribution is 2.27. The van der Waals surface area contributed by atoms with Crippen molar-refractivity contribution in [3.63, 3.8) is 0 Å². The van der Waals surface area contributed by atoms with Crippen LogP contribution in [-0.4, -0.2) is 6.10 Å². The van der Waals surface area contributed by atoms with Gasteiger partial charge in [0.1, 0.15) is 5.75 Å². The first-order chi connectivity index (χ1) is 9.66. The molecule has 0 aromatic heterocycles. The summed E-state index contributed by atoms with van der Waals surface area (Å²) in [5, 5.41) is 0. The molecule has 0 radical (unpaired) electrons. The minimum absolute atomic E-state index is 0.00477. The molecule has 0 aliphatic rings. The van der Waals surface area contributed by atoms with Crippen molar-refractivity contribution in [1.82, 2.24) is 0 Å². The molecule has 2 aromatic rings. The van der Waals surface area contributed by atoms with Crippen LogP contribution in [0.1, 0.15) is 37.4 Å². The van der Waals surface area contributed by atoms with E-state index in [0.717, 1.165) is 24.2 Å². The van der Waals surface area contributed by atoms with Crippen molar-refractivity contribution in [1.29, 1.82) is 0 Å². The third-order valence-corrected chi connectivity index (χ3v) is 3.27. The highest BCUT2D eigenvalue weighted by Gasteiger charge is 2.12. The van der Waals surface area contributed by atoms with Crippen LogP contribution in [0.3, 0.4) is 0 Å². The standard InChI is InChI=1S/C18H23NO/c1-14(2)20-18-11-7-6-10-16(18)17(19)13-12-15-8-4-3-5-9-15/h3-11,14,17H,12-13,19H2,1-2H3. The molecule has 1 unspecified atom stereocenters. The Morgan fingerprint density at radius 1 is 0.950 bits per heavy atom. The second-order valence-electron chi connectivity index (χ2n) is 5.34. The molecular formula is C18H23NO. The maximum absolute atomic E-state index is 6.34. The summed E-state index contributed by atoms with van der Waals surface area (Å²) >= 11 is 0. The smallest absolute Gasteiger partial charge is 0.124 e. The Kier molecular flexibility index (Phi) is 5.19. The molecule has 0 fully saturated rings. The molecule has 2 aromatic carbocycles. The molecule has 1 atom stereocenters. The average molecular weight is 269 g/mol. The first kappa shape index (κ1) is 14.6. The van der Waals surface area contributed by atoms with Gasteiger partial charge in [-0.05, 0) is 38.3 Å². The first-order valence-electron chi connectivity index (χ1n) is 7.22. The van der Waals surface area contributed by atoms with Gasteiger partial charge in [0.25, 0.3) is 0 Å². The quantitative estimate of drug-likeness (QED) is 0.856. The Hall–Kier alpha value is -1.80. The lowest BCUT2D eigenvalue weighted by atomic mass is 9.99. The molecule has 2 nitrogen and oxygen atoms in total. The van der Waals surface area contributed by atoms with Gasteiger partial charge in [0.15, 0.2) is 0 Å². The van der Waals surface area contributed by atoms with Crippen LogP contribution in [0.15, 0.2) is 54.6 Å². The molecule has 0 saturated heterocycles. The molecule has 0 saturated carbocycles. The van der Waals surface area contributed by atoms with Crippen molar-refractivity contribution in [2.75, 3.05) is 0 Å². The molecule has 106 valence electrons. The molecule has 0 bridgehead atoms. The van der Waals surface area contributed by atoms with Gasteiger partial charge >= 0.3 is 0 Å². The molecule has 20 heavy (non-hydrogen) atoms. The van der Waals surface area contributed by atoms with Gasteiger partial charge in [-0.25, -0.2) is 0 Å². The number of hydrogen-bond donors (Lipinski definition) is 1. The van der Waals surface area contributed by atoms with E-state index in [1.54, 1.807) is 0 Å². The van der Waals surface area contributed by atoms with E-state index in [0.29, 0.717) is 0 Å². The van der Waals surface area contributed by atoms with Crippen LogP contribution in [0.2, 0.25) is 0 Å². The number of hydrogen-bond acceptors (Lipinski definition) is 2. The van der Waals surface area contributed by atoms with E-state index in [1.165, 1.54) is 5.56 Å². The van der Waals surface area contributed by atoms with Crippen molar-refractivity contribution in [2.24, 2.45) is 5.73 Å². The Morgan fingerprint density at radius 2 is 1.60 bits per heavy atom. The van der Waals surface area contributed by atoms with E-state index in [-0.39, 0.29) is 12.1 Å². The Labute approximate surface area is 121 Å². The molecule has 0 aliphatic heterocycles. The van der Waals surface area contributed by atoms with Gasteiger partial charge in [-0.15, -0.1) is 0 Å². The van der Waals surface area contributed by atoms with Crippen LogP contribution in [-0.2, 0) is 6.42 Å². The molecular weight excluding hydrogens is 246 g/mol. The summed E-state index contributed by atoms with van der Waals surface area (Å²) in [6, 6.07) is 18.5. The van der Waals surface area contributed by atoms with E-state index in [1.807, 2.05) is 38.1 Å². The fraction of sp³-hybridized carbons (Fsp3) is 0.333. The summed E-state index contributed by atoms with van der Waals surface area (Å²) in [5.41, 5.74) is 8.76. The van der Waals surface area contributed by atoms with Gasteiger partial charge in [0, 0.05) is 11.6 Å². The molecule has 0 heterocycles. The number of para-hydroxylation sites is 1. The molecule has 0 amide bonds. The van der Waals surface area contributed by atoms with Gasteiger partial charge in [-0.1, -0.05) is 48.5 Å². The zero-order valence-corrected chi connectivity index (χ0v) is 12.3. The van der Waals surface area contributed by atoms with Crippen LogP contribution in [0.5, 0.6) is 5.75 Å². The lowest BCUT2D eigenvalue weighted by molar-refractivity contribution is 0.238. The third kappa shape index (κ3) is 4.10. The molecule has 0 spiro atoms. The summed E-state index contributed by atoms with van der Waals surface area (Å²) in [4.78, 5) is 0. The average Bonchev–Trinajstić information content (AvgIpc) is 2.46. The van der Waals surface area contributed by atoms with Crippen molar-refractivity contribution >= 4 is 0 Å². The second kappa shape index (κ2) is 7.11. The van der Waals surface area contributed by atoms with Gasteiger partial charge in [-0.2, -0.15) is 0 Å². The second-order valence-corrected chi connectivity index (χ2v) is 5.34. The fourth-order valence-electron chi connectivity index (χ4n) is 2.27. The minimum Gasteiger partial charge on any atom is -0.491 e. The van der Waals surface area contributed by atoms with Crippen LogP contribution in [0.4, 0.5) is 0 Å². The summed E-state index contributed by atoms with van der Waals surface area (Å²) in [5.74, 6) is 0.906. The number of benzene rings is 2. The summed E-state index contributed by atoms with van der Waals surface area (Å²) in [6.07, 6.45) is 2.07. The van der Waals surface area contributed by atoms with E-state index < -0.39 is 0 Å². The maximum atomic E-state index is 6.34. The highest BCUT2D eigenvalue weighted by molar-refractivity contribution is 5.36. The van der Waals surface area contributed by atoms with Gasteiger partial charge in [0.05, 0.1) is 6.10 Å². The topological polar surface area (TPSA) is 35.2 Å². The maximum Gasteiger partial charge on any atom is 0.124 e. The van der Waals surface area contributed by atoms with Crippen molar-refractivity contribution in [2.45, 2.75) is 38.8 Å².